The van der Waals surface area contributed by atoms with Gasteiger partial charge in [-0.1, -0.05) is 12.1 Å². The van der Waals surface area contributed by atoms with Crippen LogP contribution in [0.3, 0.4) is 0 Å². The minimum Gasteiger partial charge on any atom is -0.508 e. The summed E-state index contributed by atoms with van der Waals surface area (Å²) in [5.74, 6) is -2.32. The summed E-state index contributed by atoms with van der Waals surface area (Å²) in [7, 11) is 0. The number of Topliss-reactive ketones (excluding diaryl/α,β-unsaturated/α-hetero) is 1. The number of hydrogen-bond donors (Lipinski definition) is 3. The van der Waals surface area contributed by atoms with Gasteiger partial charge in [0.2, 0.25) is 0 Å². The lowest BCUT2D eigenvalue weighted by Gasteiger charge is -2.12. The molecule has 18 heavy (non-hydrogen) atoms. The summed E-state index contributed by atoms with van der Waals surface area (Å²) in [6.07, 6.45) is -1.16. The molecule has 3 N–H and O–H groups in total. The number of carbonyl (C=O) groups is 2. The number of benzene rings is 1. The average molecular weight is 252 g/mol. The fourth-order valence-corrected chi connectivity index (χ4v) is 1.58. The number of hydrogen-bond acceptors (Lipinski definition) is 4. The number of aliphatic hydroxyl groups excluding tert-OH is 1. The number of ketones is 1. The maximum atomic E-state index is 11.3. The van der Waals surface area contributed by atoms with E-state index in [9.17, 15) is 9.59 Å². The molecule has 0 saturated heterocycles. The third-order valence-corrected chi connectivity index (χ3v) is 2.68. The first-order chi connectivity index (χ1) is 8.40. The molecule has 1 aromatic rings. The van der Waals surface area contributed by atoms with Gasteiger partial charge in [0.15, 0.2) is 5.78 Å². The number of phenols is 1. The SMILES string of the molecule is CC(O)C(=O)CC(Cc1ccc(O)cc1)C(=O)O. The maximum absolute atomic E-state index is 11.3. The molecule has 5 nitrogen and oxygen atoms in total. The van der Waals surface area contributed by atoms with Gasteiger partial charge in [-0.05, 0) is 31.0 Å². The second-order valence-corrected chi connectivity index (χ2v) is 4.25. The van der Waals surface area contributed by atoms with E-state index in [2.05, 4.69) is 0 Å². The van der Waals surface area contributed by atoms with E-state index >= 15 is 0 Å². The topological polar surface area (TPSA) is 94.8 Å². The van der Waals surface area contributed by atoms with E-state index in [4.69, 9.17) is 15.3 Å². The predicted molar refractivity (Wildman–Crippen MR) is 64.2 cm³/mol. The summed E-state index contributed by atoms with van der Waals surface area (Å²) < 4.78 is 0. The van der Waals surface area contributed by atoms with Gasteiger partial charge in [0, 0.05) is 6.42 Å². The first-order valence-corrected chi connectivity index (χ1v) is 5.61. The van der Waals surface area contributed by atoms with Crippen LogP contribution in [0, 0.1) is 5.92 Å². The van der Waals surface area contributed by atoms with Crippen molar-refractivity contribution in [3.8, 4) is 5.75 Å². The zero-order chi connectivity index (χ0) is 13.7. The lowest BCUT2D eigenvalue weighted by molar-refractivity contribution is -0.144. The van der Waals surface area contributed by atoms with Gasteiger partial charge in [0.05, 0.1) is 5.92 Å². The van der Waals surface area contributed by atoms with Gasteiger partial charge >= 0.3 is 5.97 Å². The van der Waals surface area contributed by atoms with E-state index in [-0.39, 0.29) is 18.6 Å². The minimum absolute atomic E-state index is 0.102. The summed E-state index contributed by atoms with van der Waals surface area (Å²) in [6, 6.07) is 6.14. The summed E-state index contributed by atoms with van der Waals surface area (Å²) in [5.41, 5.74) is 0.721. The monoisotopic (exact) mass is 252 g/mol. The van der Waals surface area contributed by atoms with Crippen molar-refractivity contribution in [1.82, 2.24) is 0 Å². The molecule has 5 heteroatoms. The van der Waals surface area contributed by atoms with Gasteiger partial charge in [0.1, 0.15) is 11.9 Å². The molecule has 1 aromatic carbocycles. The van der Waals surface area contributed by atoms with Crippen molar-refractivity contribution in [3.05, 3.63) is 29.8 Å². The Hall–Kier alpha value is -1.88. The lowest BCUT2D eigenvalue weighted by atomic mass is 9.93. The largest absolute Gasteiger partial charge is 0.508 e. The van der Waals surface area contributed by atoms with Gasteiger partial charge in [0.25, 0.3) is 0 Å². The molecule has 2 atom stereocenters. The highest BCUT2D eigenvalue weighted by atomic mass is 16.4. The van der Waals surface area contributed by atoms with Crippen molar-refractivity contribution >= 4 is 11.8 Å². The number of carbonyl (C=O) groups excluding carboxylic acids is 1. The Bertz CT molecular complexity index is 422. The van der Waals surface area contributed by atoms with Crippen LogP contribution in [0.25, 0.3) is 0 Å². The van der Waals surface area contributed by atoms with E-state index in [0.717, 1.165) is 5.56 Å². The highest BCUT2D eigenvalue weighted by molar-refractivity contribution is 5.86. The average Bonchev–Trinajstić information content (AvgIpc) is 2.30. The summed E-state index contributed by atoms with van der Waals surface area (Å²) in [5, 5.41) is 27.2. The van der Waals surface area contributed by atoms with Crippen LogP contribution in [0.15, 0.2) is 24.3 Å². The zero-order valence-corrected chi connectivity index (χ0v) is 10.0. The maximum Gasteiger partial charge on any atom is 0.307 e. The molecule has 98 valence electrons. The van der Waals surface area contributed by atoms with Crippen molar-refractivity contribution in [2.24, 2.45) is 5.92 Å². The van der Waals surface area contributed by atoms with Crippen LogP contribution in [0.2, 0.25) is 0 Å². The van der Waals surface area contributed by atoms with Crippen molar-refractivity contribution in [2.75, 3.05) is 0 Å². The standard InChI is InChI=1S/C13H16O5/c1-8(14)12(16)7-10(13(17)18)6-9-2-4-11(15)5-3-9/h2-5,8,10,14-15H,6-7H2,1H3,(H,17,18). The number of aliphatic hydroxyl groups is 1. The van der Waals surface area contributed by atoms with Gasteiger partial charge in [-0.3, -0.25) is 9.59 Å². The molecule has 0 bridgehead atoms. The molecule has 0 amide bonds. The van der Waals surface area contributed by atoms with E-state index in [1.807, 2.05) is 0 Å². The van der Waals surface area contributed by atoms with Gasteiger partial charge in [-0.2, -0.15) is 0 Å². The Morgan fingerprint density at radius 1 is 1.22 bits per heavy atom. The number of aromatic hydroxyl groups is 1. The number of phenolic OH excluding ortho intramolecular Hbond substituents is 1. The van der Waals surface area contributed by atoms with E-state index in [1.54, 1.807) is 12.1 Å². The van der Waals surface area contributed by atoms with Crippen molar-refractivity contribution < 1.29 is 24.9 Å². The molecule has 0 fully saturated rings. The van der Waals surface area contributed by atoms with Crippen molar-refractivity contribution in [1.29, 1.82) is 0 Å². The second kappa shape index (κ2) is 6.16. The van der Waals surface area contributed by atoms with E-state index in [0.29, 0.717) is 0 Å². The first kappa shape index (κ1) is 14.2. The number of aliphatic carboxylic acids is 1. The minimum atomic E-state index is -1.15. The van der Waals surface area contributed by atoms with Crippen LogP contribution in [0.5, 0.6) is 5.75 Å². The van der Waals surface area contributed by atoms with Crippen LogP contribution in [-0.4, -0.2) is 33.2 Å². The molecule has 1 rings (SSSR count). The van der Waals surface area contributed by atoms with Gasteiger partial charge in [-0.15, -0.1) is 0 Å². The van der Waals surface area contributed by atoms with Crippen LogP contribution in [0.1, 0.15) is 18.9 Å². The highest BCUT2D eigenvalue weighted by Crippen LogP contribution is 2.17. The Labute approximate surface area is 105 Å². The van der Waals surface area contributed by atoms with Crippen LogP contribution in [0.4, 0.5) is 0 Å². The molecule has 0 aliphatic heterocycles. The van der Waals surface area contributed by atoms with Crippen molar-refractivity contribution in [2.45, 2.75) is 25.9 Å². The zero-order valence-electron chi connectivity index (χ0n) is 10.0. The number of carboxylic acid groups (broad SMARTS) is 1. The molecule has 2 unspecified atom stereocenters. The molecule has 0 radical (unpaired) electrons. The smallest absolute Gasteiger partial charge is 0.307 e. The second-order valence-electron chi connectivity index (χ2n) is 4.25. The lowest BCUT2D eigenvalue weighted by Crippen LogP contribution is -2.25. The van der Waals surface area contributed by atoms with Gasteiger partial charge < -0.3 is 15.3 Å². The van der Waals surface area contributed by atoms with Crippen LogP contribution < -0.4 is 0 Å². The Kier molecular flexibility index (Phi) is 4.85. The fraction of sp³-hybridized carbons (Fsp3) is 0.385. The highest BCUT2D eigenvalue weighted by Gasteiger charge is 2.23. The Morgan fingerprint density at radius 2 is 1.78 bits per heavy atom. The van der Waals surface area contributed by atoms with E-state index in [1.165, 1.54) is 19.1 Å². The molecule has 0 saturated carbocycles. The fourth-order valence-electron chi connectivity index (χ4n) is 1.58. The molecule has 0 aliphatic carbocycles. The predicted octanol–water partition coefficient (Wildman–Crippen LogP) is 0.975. The summed E-state index contributed by atoms with van der Waals surface area (Å²) >= 11 is 0. The normalized spacial score (nSPS) is 13.9. The molecule has 0 aromatic heterocycles. The van der Waals surface area contributed by atoms with Crippen molar-refractivity contribution in [3.63, 3.8) is 0 Å². The molecule has 0 spiro atoms. The third kappa shape index (κ3) is 4.18. The quantitative estimate of drug-likeness (QED) is 0.701. The third-order valence-electron chi connectivity index (χ3n) is 2.68. The van der Waals surface area contributed by atoms with Gasteiger partial charge in [-0.25, -0.2) is 0 Å². The van der Waals surface area contributed by atoms with Crippen LogP contribution in [-0.2, 0) is 16.0 Å². The molecular weight excluding hydrogens is 236 g/mol. The molecular formula is C13H16O5. The van der Waals surface area contributed by atoms with E-state index < -0.39 is 23.8 Å². The Balaban J connectivity index is 2.72. The summed E-state index contributed by atoms with van der Waals surface area (Å²) in [6.45, 7) is 1.32. The molecule has 0 heterocycles. The number of rotatable bonds is 6. The van der Waals surface area contributed by atoms with Crippen LogP contribution >= 0.6 is 0 Å². The molecule has 0 aliphatic rings. The summed E-state index contributed by atoms with van der Waals surface area (Å²) in [4.78, 5) is 22.4. The number of carboxylic acids is 1. The first-order valence-electron chi connectivity index (χ1n) is 5.61. The Morgan fingerprint density at radius 3 is 2.22 bits per heavy atom.